The van der Waals surface area contributed by atoms with E-state index in [1.165, 1.54) is 18.5 Å². The van der Waals surface area contributed by atoms with Crippen LogP contribution < -0.4 is 11.1 Å². The monoisotopic (exact) mass is 218 g/mol. The third-order valence-electron chi connectivity index (χ3n) is 1.89. The number of carbonyl (C=O) groups excluding carboxylic acids is 1. The highest BCUT2D eigenvalue weighted by Crippen LogP contribution is 2.10. The van der Waals surface area contributed by atoms with Gasteiger partial charge in [0, 0.05) is 18.5 Å². The van der Waals surface area contributed by atoms with Crippen LogP contribution in [0.4, 0.5) is 11.5 Å². The molecule has 0 saturated heterocycles. The average molecular weight is 218 g/mol. The Balaban J connectivity index is 2.14. The Hall–Kier alpha value is -2.37. The number of nitrogens with two attached hydrogens (primary N) is 1. The zero-order valence-corrected chi connectivity index (χ0v) is 8.60. The van der Waals surface area contributed by atoms with Crippen molar-refractivity contribution in [2.75, 3.05) is 11.1 Å². The summed E-state index contributed by atoms with van der Waals surface area (Å²) in [6.45, 7) is 1.74. The predicted molar refractivity (Wildman–Crippen MR) is 57.8 cm³/mol. The molecule has 6 nitrogen and oxygen atoms in total. The number of carbonyl (C=O) groups is 1. The summed E-state index contributed by atoms with van der Waals surface area (Å²) in [7, 11) is 0. The van der Waals surface area contributed by atoms with Gasteiger partial charge in [-0.1, -0.05) is 5.16 Å². The van der Waals surface area contributed by atoms with Gasteiger partial charge in [0.1, 0.15) is 5.76 Å². The number of nitrogens with zero attached hydrogens (tertiary/aromatic N) is 2. The average Bonchev–Trinajstić information content (AvgIpc) is 2.64. The van der Waals surface area contributed by atoms with Crippen LogP contribution in [0.25, 0.3) is 0 Å². The molecule has 3 N–H and O–H groups in total. The molecule has 0 aliphatic heterocycles. The van der Waals surface area contributed by atoms with Crippen LogP contribution in [0.1, 0.15) is 16.1 Å². The van der Waals surface area contributed by atoms with E-state index >= 15 is 0 Å². The Bertz CT molecular complexity index is 521. The van der Waals surface area contributed by atoms with Gasteiger partial charge in [-0.2, -0.15) is 0 Å². The second-order valence-corrected chi connectivity index (χ2v) is 3.28. The molecule has 0 radical (unpaired) electrons. The first-order valence-electron chi connectivity index (χ1n) is 4.60. The van der Waals surface area contributed by atoms with Crippen LogP contribution in [0.2, 0.25) is 0 Å². The van der Waals surface area contributed by atoms with Gasteiger partial charge >= 0.3 is 0 Å². The van der Waals surface area contributed by atoms with Crippen LogP contribution in [0, 0.1) is 6.92 Å². The van der Waals surface area contributed by atoms with Crippen LogP contribution in [0.15, 0.2) is 29.0 Å². The summed E-state index contributed by atoms with van der Waals surface area (Å²) >= 11 is 0. The first-order chi connectivity index (χ1) is 7.65. The smallest absolute Gasteiger partial charge is 0.258 e. The summed E-state index contributed by atoms with van der Waals surface area (Å²) in [6, 6.07) is 3.16. The number of aryl methyl sites for hydroxylation is 1. The molecule has 0 bridgehead atoms. The summed E-state index contributed by atoms with van der Waals surface area (Å²) in [6.07, 6.45) is 2.90. The number of amides is 1. The Morgan fingerprint density at radius 1 is 1.44 bits per heavy atom. The zero-order valence-electron chi connectivity index (χ0n) is 8.60. The molecular weight excluding hydrogens is 208 g/mol. The maximum Gasteiger partial charge on any atom is 0.258 e. The third-order valence-corrected chi connectivity index (χ3v) is 1.89. The van der Waals surface area contributed by atoms with E-state index in [0.29, 0.717) is 22.8 Å². The molecule has 0 atom stereocenters. The van der Waals surface area contributed by atoms with E-state index < -0.39 is 0 Å². The lowest BCUT2D eigenvalue weighted by Crippen LogP contribution is -2.12. The van der Waals surface area contributed by atoms with E-state index in [1.54, 1.807) is 13.0 Å². The number of nitrogen functional groups attached to an aromatic ring is 1. The SMILES string of the molecule is Cc1cc(NC(=O)c2cncc(N)c2)no1. The summed E-state index contributed by atoms with van der Waals surface area (Å²) < 4.78 is 4.82. The first kappa shape index (κ1) is 10.2. The van der Waals surface area contributed by atoms with Crippen molar-refractivity contribution in [2.45, 2.75) is 6.92 Å². The van der Waals surface area contributed by atoms with Gasteiger partial charge in [0.05, 0.1) is 11.3 Å². The molecule has 0 aliphatic carbocycles. The highest BCUT2D eigenvalue weighted by molar-refractivity contribution is 6.03. The van der Waals surface area contributed by atoms with Crippen molar-refractivity contribution in [3.8, 4) is 0 Å². The molecule has 16 heavy (non-hydrogen) atoms. The van der Waals surface area contributed by atoms with Crippen molar-refractivity contribution in [1.29, 1.82) is 0 Å². The standard InChI is InChI=1S/C10H10N4O2/c1-6-2-9(14-16-6)13-10(15)7-3-8(11)5-12-4-7/h2-5H,11H2,1H3,(H,13,14,15). The Morgan fingerprint density at radius 3 is 2.88 bits per heavy atom. The van der Waals surface area contributed by atoms with Gasteiger partial charge in [0.2, 0.25) is 0 Å². The van der Waals surface area contributed by atoms with E-state index in [0.717, 1.165) is 0 Å². The minimum atomic E-state index is -0.326. The molecule has 0 unspecified atom stereocenters. The first-order valence-corrected chi connectivity index (χ1v) is 4.60. The van der Waals surface area contributed by atoms with E-state index in [-0.39, 0.29) is 5.91 Å². The second-order valence-electron chi connectivity index (χ2n) is 3.28. The van der Waals surface area contributed by atoms with E-state index in [1.807, 2.05) is 0 Å². The molecular formula is C10H10N4O2. The van der Waals surface area contributed by atoms with E-state index in [9.17, 15) is 4.79 Å². The lowest BCUT2D eigenvalue weighted by molar-refractivity contribution is 0.102. The Kier molecular flexibility index (Phi) is 2.55. The van der Waals surface area contributed by atoms with Crippen molar-refractivity contribution in [3.63, 3.8) is 0 Å². The van der Waals surface area contributed by atoms with Gasteiger partial charge in [-0.25, -0.2) is 0 Å². The largest absolute Gasteiger partial charge is 0.397 e. The van der Waals surface area contributed by atoms with E-state index in [2.05, 4.69) is 15.5 Å². The fourth-order valence-corrected chi connectivity index (χ4v) is 1.20. The molecule has 0 aliphatic rings. The van der Waals surface area contributed by atoms with Gasteiger partial charge in [-0.3, -0.25) is 9.78 Å². The fraction of sp³-hybridized carbons (Fsp3) is 0.100. The lowest BCUT2D eigenvalue weighted by Gasteiger charge is -2.01. The number of rotatable bonds is 2. The molecule has 0 aromatic carbocycles. The third kappa shape index (κ3) is 2.17. The maximum absolute atomic E-state index is 11.7. The van der Waals surface area contributed by atoms with Crippen molar-refractivity contribution in [1.82, 2.24) is 10.1 Å². The number of hydrogen-bond acceptors (Lipinski definition) is 5. The summed E-state index contributed by atoms with van der Waals surface area (Å²) in [5, 5.41) is 6.21. The maximum atomic E-state index is 11.7. The fourth-order valence-electron chi connectivity index (χ4n) is 1.20. The van der Waals surface area contributed by atoms with Crippen LogP contribution in [0.3, 0.4) is 0 Å². The normalized spacial score (nSPS) is 10.1. The second kappa shape index (κ2) is 4.01. The predicted octanol–water partition coefficient (Wildman–Crippen LogP) is 1.21. The lowest BCUT2D eigenvalue weighted by atomic mass is 10.2. The molecule has 2 aromatic rings. The molecule has 2 rings (SSSR count). The molecule has 0 spiro atoms. The number of hydrogen-bond donors (Lipinski definition) is 2. The number of nitrogens with one attached hydrogen (secondary N) is 1. The zero-order chi connectivity index (χ0) is 11.5. The molecule has 6 heteroatoms. The van der Waals surface area contributed by atoms with Gasteiger partial charge in [0.15, 0.2) is 5.82 Å². The van der Waals surface area contributed by atoms with Gasteiger partial charge in [-0.05, 0) is 13.0 Å². The minimum absolute atomic E-state index is 0.326. The van der Waals surface area contributed by atoms with Crippen LogP contribution >= 0.6 is 0 Å². The van der Waals surface area contributed by atoms with E-state index in [4.69, 9.17) is 10.3 Å². The van der Waals surface area contributed by atoms with Crippen LogP contribution in [-0.4, -0.2) is 16.0 Å². The molecule has 0 fully saturated rings. The highest BCUT2D eigenvalue weighted by atomic mass is 16.5. The summed E-state index contributed by atoms with van der Waals surface area (Å²) in [5.74, 6) is 0.666. The van der Waals surface area contributed by atoms with Crippen molar-refractivity contribution in [2.24, 2.45) is 0 Å². The van der Waals surface area contributed by atoms with Gasteiger partial charge < -0.3 is 15.6 Å². The number of anilines is 2. The molecule has 2 heterocycles. The van der Waals surface area contributed by atoms with Crippen LogP contribution in [-0.2, 0) is 0 Å². The molecule has 2 aromatic heterocycles. The molecule has 0 saturated carbocycles. The van der Waals surface area contributed by atoms with Gasteiger partial charge in [0.25, 0.3) is 5.91 Å². The van der Waals surface area contributed by atoms with Crippen molar-refractivity contribution >= 4 is 17.4 Å². The number of aromatic nitrogens is 2. The highest BCUT2D eigenvalue weighted by Gasteiger charge is 2.09. The van der Waals surface area contributed by atoms with Crippen molar-refractivity contribution < 1.29 is 9.32 Å². The molecule has 1 amide bonds. The Morgan fingerprint density at radius 2 is 2.25 bits per heavy atom. The van der Waals surface area contributed by atoms with Gasteiger partial charge in [-0.15, -0.1) is 0 Å². The summed E-state index contributed by atoms with van der Waals surface area (Å²) in [5.41, 5.74) is 6.33. The topological polar surface area (TPSA) is 94.0 Å². The quantitative estimate of drug-likeness (QED) is 0.790. The van der Waals surface area contributed by atoms with Crippen LogP contribution in [0.5, 0.6) is 0 Å². The number of pyridine rings is 1. The molecule has 82 valence electrons. The summed E-state index contributed by atoms with van der Waals surface area (Å²) in [4.78, 5) is 15.5. The van der Waals surface area contributed by atoms with Crippen molar-refractivity contribution in [3.05, 3.63) is 35.9 Å². The Labute approximate surface area is 91.5 Å². The minimum Gasteiger partial charge on any atom is -0.397 e.